The van der Waals surface area contributed by atoms with Crippen molar-refractivity contribution in [3.05, 3.63) is 50.0 Å². The summed E-state index contributed by atoms with van der Waals surface area (Å²) in [5.74, 6) is -1.40. The van der Waals surface area contributed by atoms with Crippen molar-refractivity contribution >= 4 is 44.7 Å². The molecule has 4 aromatic heterocycles. The quantitative estimate of drug-likeness (QED) is 0.257. The van der Waals surface area contributed by atoms with E-state index in [2.05, 4.69) is 20.5 Å². The minimum atomic E-state index is -2.87. The third-order valence-electron chi connectivity index (χ3n) is 6.00. The molecular formula is C22H22F2N8O4S. The first kappa shape index (κ1) is 25.8. The van der Waals surface area contributed by atoms with E-state index in [-0.39, 0.29) is 45.1 Å². The number of carbonyl (C=O) groups excluding carboxylic acids is 2. The zero-order valence-electron chi connectivity index (χ0n) is 20.2. The average molecular weight is 533 g/mol. The van der Waals surface area contributed by atoms with Gasteiger partial charge in [0, 0.05) is 30.1 Å². The Morgan fingerprint density at radius 2 is 1.95 bits per heavy atom. The van der Waals surface area contributed by atoms with Gasteiger partial charge in [-0.05, 0) is 32.4 Å². The maximum Gasteiger partial charge on any atom is 0.312 e. The molecule has 0 unspecified atom stereocenters. The van der Waals surface area contributed by atoms with Crippen molar-refractivity contribution in [3.8, 4) is 11.1 Å². The van der Waals surface area contributed by atoms with Crippen LogP contribution in [-0.2, 0) is 18.4 Å². The molecule has 0 saturated heterocycles. The number of primary amides is 1. The van der Waals surface area contributed by atoms with E-state index < -0.39 is 28.9 Å². The lowest BCUT2D eigenvalue weighted by Crippen LogP contribution is -2.18. The number of hydrogen-bond acceptors (Lipinski definition) is 8. The first-order valence-electron chi connectivity index (χ1n) is 10.9. The van der Waals surface area contributed by atoms with Gasteiger partial charge in [-0.2, -0.15) is 10.2 Å². The second-order valence-corrected chi connectivity index (χ2v) is 9.31. The normalized spacial score (nSPS) is 11.4. The summed E-state index contributed by atoms with van der Waals surface area (Å²) in [4.78, 5) is 40.0. The smallest absolute Gasteiger partial charge is 0.312 e. The molecule has 0 saturated carbocycles. The third kappa shape index (κ3) is 4.64. The van der Waals surface area contributed by atoms with Gasteiger partial charge in [0.2, 0.25) is 5.91 Å². The zero-order chi connectivity index (χ0) is 27.2. The minimum Gasteiger partial charge on any atom is -0.365 e. The van der Waals surface area contributed by atoms with Gasteiger partial charge in [0.1, 0.15) is 26.8 Å². The number of rotatable bonds is 8. The van der Waals surface area contributed by atoms with Crippen molar-refractivity contribution in [1.82, 2.24) is 24.5 Å². The number of amides is 2. The molecule has 15 heteroatoms. The van der Waals surface area contributed by atoms with E-state index in [1.807, 2.05) is 0 Å². The number of thiophene rings is 1. The van der Waals surface area contributed by atoms with Crippen molar-refractivity contribution in [2.24, 2.45) is 12.8 Å². The van der Waals surface area contributed by atoms with Gasteiger partial charge in [-0.15, -0.1) is 11.3 Å². The van der Waals surface area contributed by atoms with Crippen LogP contribution in [0.25, 0.3) is 21.3 Å². The molecular weight excluding hydrogens is 510 g/mol. The molecule has 37 heavy (non-hydrogen) atoms. The molecule has 0 atom stereocenters. The maximum absolute atomic E-state index is 13.7. The van der Waals surface area contributed by atoms with Crippen molar-refractivity contribution < 1.29 is 23.3 Å². The second kappa shape index (κ2) is 9.65. The van der Waals surface area contributed by atoms with Gasteiger partial charge in [-0.3, -0.25) is 29.1 Å². The van der Waals surface area contributed by atoms with Crippen molar-refractivity contribution in [2.45, 2.75) is 40.2 Å². The Morgan fingerprint density at radius 1 is 1.24 bits per heavy atom. The van der Waals surface area contributed by atoms with E-state index in [9.17, 15) is 28.5 Å². The number of nitro groups is 1. The third-order valence-corrected chi connectivity index (χ3v) is 7.09. The molecule has 0 aliphatic heterocycles. The SMILES string of the molecule is Cc1nn(CCC(=O)Nc2c(C(N)=O)sc3nc(C(F)F)cc(-c4cnn(C)c4C)c23)c(C)c1[N+](=O)[O-]. The highest BCUT2D eigenvalue weighted by atomic mass is 32.1. The summed E-state index contributed by atoms with van der Waals surface area (Å²) in [7, 11) is 1.69. The van der Waals surface area contributed by atoms with E-state index in [0.29, 0.717) is 22.5 Å². The monoisotopic (exact) mass is 532 g/mol. The molecule has 0 aromatic carbocycles. The average Bonchev–Trinajstić information content (AvgIpc) is 3.45. The maximum atomic E-state index is 13.7. The van der Waals surface area contributed by atoms with Crippen LogP contribution in [0.3, 0.4) is 0 Å². The number of nitrogens with two attached hydrogens (primary N) is 1. The predicted molar refractivity (Wildman–Crippen MR) is 132 cm³/mol. The number of carbonyl (C=O) groups is 2. The molecule has 4 aromatic rings. The van der Waals surface area contributed by atoms with Crippen molar-refractivity contribution in [1.29, 1.82) is 0 Å². The summed E-state index contributed by atoms with van der Waals surface area (Å²) in [5, 5.41) is 22.5. The van der Waals surface area contributed by atoms with Gasteiger partial charge >= 0.3 is 5.69 Å². The topological polar surface area (TPSA) is 164 Å². The largest absolute Gasteiger partial charge is 0.365 e. The number of nitrogens with one attached hydrogen (secondary N) is 1. The summed E-state index contributed by atoms with van der Waals surface area (Å²) in [6.07, 6.45) is -1.51. The van der Waals surface area contributed by atoms with Crippen LogP contribution in [0.1, 0.15) is 45.3 Å². The van der Waals surface area contributed by atoms with Gasteiger partial charge < -0.3 is 11.1 Å². The van der Waals surface area contributed by atoms with Crippen LogP contribution in [0.15, 0.2) is 12.3 Å². The van der Waals surface area contributed by atoms with E-state index in [1.165, 1.54) is 30.8 Å². The summed E-state index contributed by atoms with van der Waals surface area (Å²) in [5.41, 5.74) is 7.03. The summed E-state index contributed by atoms with van der Waals surface area (Å²) < 4.78 is 30.2. The number of nitrogens with zero attached hydrogens (tertiary/aromatic N) is 6. The van der Waals surface area contributed by atoms with E-state index in [0.717, 1.165) is 11.3 Å². The van der Waals surface area contributed by atoms with Crippen LogP contribution in [0.4, 0.5) is 20.2 Å². The Morgan fingerprint density at radius 3 is 2.49 bits per heavy atom. The Balaban J connectivity index is 1.76. The van der Waals surface area contributed by atoms with Crippen LogP contribution < -0.4 is 11.1 Å². The van der Waals surface area contributed by atoms with Gasteiger partial charge in [0.05, 0.1) is 23.4 Å². The molecule has 2 amide bonds. The Kier molecular flexibility index (Phi) is 6.73. The highest BCUT2D eigenvalue weighted by Crippen LogP contribution is 2.43. The predicted octanol–water partition coefficient (Wildman–Crippen LogP) is 3.79. The van der Waals surface area contributed by atoms with Crippen LogP contribution in [-0.4, -0.2) is 41.3 Å². The lowest BCUT2D eigenvalue weighted by molar-refractivity contribution is -0.386. The molecule has 0 aliphatic rings. The lowest BCUT2D eigenvalue weighted by Gasteiger charge is -2.11. The number of aryl methyl sites for hydroxylation is 3. The van der Waals surface area contributed by atoms with Gasteiger partial charge in [-0.25, -0.2) is 13.8 Å². The Labute approximate surface area is 212 Å². The summed E-state index contributed by atoms with van der Waals surface area (Å²) in [6.45, 7) is 4.82. The van der Waals surface area contributed by atoms with Crippen LogP contribution in [0.5, 0.6) is 0 Å². The molecule has 12 nitrogen and oxygen atoms in total. The zero-order valence-corrected chi connectivity index (χ0v) is 21.0. The van der Waals surface area contributed by atoms with Crippen LogP contribution in [0, 0.1) is 30.9 Å². The molecule has 4 rings (SSSR count). The Hall–Kier alpha value is -4.27. The molecule has 0 spiro atoms. The molecule has 3 N–H and O–H groups in total. The minimum absolute atomic E-state index is 0.0304. The standard InChI is InChI=1S/C22H22F2N8O4S/c1-9-18(32(35)36)11(3)31(29-9)6-5-15(33)28-17-16-12(13-8-26-30(4)10(13)2)7-14(20(23)24)27-22(16)37-19(17)21(25)34/h7-8,20H,5-6H2,1-4H3,(H2,25,34)(H,28,33). The summed E-state index contributed by atoms with van der Waals surface area (Å²) in [6, 6.07) is 1.21. The fourth-order valence-corrected chi connectivity index (χ4v) is 5.09. The molecule has 194 valence electrons. The van der Waals surface area contributed by atoms with Gasteiger partial charge in [-0.1, -0.05) is 0 Å². The number of fused-ring (bicyclic) bond motifs is 1. The highest BCUT2D eigenvalue weighted by Gasteiger charge is 2.27. The fourth-order valence-electron chi connectivity index (χ4n) is 4.08. The number of alkyl halides is 2. The number of pyridine rings is 1. The molecule has 0 bridgehead atoms. The second-order valence-electron chi connectivity index (χ2n) is 8.31. The lowest BCUT2D eigenvalue weighted by atomic mass is 10.0. The highest BCUT2D eigenvalue weighted by molar-refractivity contribution is 7.21. The first-order valence-corrected chi connectivity index (χ1v) is 11.7. The Bertz CT molecular complexity index is 1570. The number of anilines is 1. The number of aromatic nitrogens is 5. The van der Waals surface area contributed by atoms with Crippen LogP contribution >= 0.6 is 11.3 Å². The number of halogens is 2. The van der Waals surface area contributed by atoms with Crippen molar-refractivity contribution in [2.75, 3.05) is 5.32 Å². The van der Waals surface area contributed by atoms with E-state index >= 15 is 0 Å². The fraction of sp³-hybridized carbons (Fsp3) is 0.318. The molecule has 4 heterocycles. The van der Waals surface area contributed by atoms with Gasteiger partial charge in [0.15, 0.2) is 0 Å². The van der Waals surface area contributed by atoms with Crippen molar-refractivity contribution in [3.63, 3.8) is 0 Å². The first-order chi connectivity index (χ1) is 17.4. The molecule has 0 aliphatic carbocycles. The number of hydrogen-bond donors (Lipinski definition) is 2. The van der Waals surface area contributed by atoms with E-state index in [4.69, 9.17) is 5.73 Å². The molecule has 0 radical (unpaired) electrons. The summed E-state index contributed by atoms with van der Waals surface area (Å²) >= 11 is 0.799. The van der Waals surface area contributed by atoms with E-state index in [1.54, 1.807) is 18.7 Å². The van der Waals surface area contributed by atoms with Crippen LogP contribution in [0.2, 0.25) is 0 Å². The van der Waals surface area contributed by atoms with Gasteiger partial charge in [0.25, 0.3) is 12.3 Å². The molecule has 0 fully saturated rings.